The van der Waals surface area contributed by atoms with Gasteiger partial charge in [0.05, 0.1) is 0 Å². The molecule has 0 amide bonds. The summed E-state index contributed by atoms with van der Waals surface area (Å²) in [7, 11) is 2.25. The van der Waals surface area contributed by atoms with Crippen LogP contribution < -0.4 is 5.32 Å². The van der Waals surface area contributed by atoms with Crippen molar-refractivity contribution in [1.29, 1.82) is 0 Å². The minimum atomic E-state index is 0.538. The minimum Gasteiger partial charge on any atom is -0.310 e. The van der Waals surface area contributed by atoms with Crippen LogP contribution in [0, 0.1) is 11.3 Å². The molecule has 2 fully saturated rings. The molecule has 0 aromatic rings. The highest BCUT2D eigenvalue weighted by Crippen LogP contribution is 2.38. The number of nitrogens with one attached hydrogen (secondary N) is 1. The number of rotatable bonds is 2. The number of nitrogens with zero attached hydrogens (tertiary/aromatic N) is 1. The predicted octanol–water partition coefficient (Wildman–Crippen LogP) is 2.89. The third kappa shape index (κ3) is 3.96. The second kappa shape index (κ2) is 5.27. The summed E-state index contributed by atoms with van der Waals surface area (Å²) in [5.74, 6) is 0.887. The number of hydrogen-bond acceptors (Lipinski definition) is 2. The average Bonchev–Trinajstić information content (AvgIpc) is 2.13. The van der Waals surface area contributed by atoms with Crippen LogP contribution in [0.1, 0.15) is 52.9 Å². The summed E-state index contributed by atoms with van der Waals surface area (Å²) >= 11 is 0. The van der Waals surface area contributed by atoms with E-state index < -0.39 is 0 Å². The summed E-state index contributed by atoms with van der Waals surface area (Å²) in [5, 5.41) is 3.93. The van der Waals surface area contributed by atoms with Crippen molar-refractivity contribution in [2.45, 2.75) is 65.0 Å². The largest absolute Gasteiger partial charge is 0.310 e. The highest BCUT2D eigenvalue weighted by atomic mass is 15.1. The molecule has 2 rings (SSSR count). The van der Waals surface area contributed by atoms with Crippen LogP contribution in [0.4, 0.5) is 0 Å². The minimum absolute atomic E-state index is 0.538. The molecule has 1 aliphatic heterocycles. The molecule has 1 saturated carbocycles. The van der Waals surface area contributed by atoms with Crippen LogP contribution in [-0.2, 0) is 0 Å². The Balaban J connectivity index is 1.85. The van der Waals surface area contributed by atoms with Gasteiger partial charge in [0.2, 0.25) is 0 Å². The Kier molecular flexibility index (Phi) is 4.14. The van der Waals surface area contributed by atoms with Crippen molar-refractivity contribution in [2.75, 3.05) is 20.1 Å². The Bertz CT molecular complexity index is 249. The lowest BCUT2D eigenvalue weighted by atomic mass is 9.70. The SMILES string of the molecule is CC1CC(NC2CCCN(C)C2)CC(C)(C)C1. The summed E-state index contributed by atoms with van der Waals surface area (Å²) in [5.41, 5.74) is 0.538. The average molecular weight is 238 g/mol. The van der Waals surface area contributed by atoms with Crippen molar-refractivity contribution >= 4 is 0 Å². The first-order valence-corrected chi connectivity index (χ1v) is 7.39. The van der Waals surface area contributed by atoms with E-state index >= 15 is 0 Å². The van der Waals surface area contributed by atoms with Gasteiger partial charge in [0.1, 0.15) is 0 Å². The smallest absolute Gasteiger partial charge is 0.0197 e. The second-order valence-corrected chi connectivity index (χ2v) is 7.38. The highest BCUT2D eigenvalue weighted by Gasteiger charge is 2.33. The first-order chi connectivity index (χ1) is 7.94. The molecular formula is C15H30N2. The van der Waals surface area contributed by atoms with Crippen molar-refractivity contribution in [3.8, 4) is 0 Å². The molecule has 1 saturated heterocycles. The molecule has 0 radical (unpaired) electrons. The molecule has 1 N–H and O–H groups in total. The molecule has 3 atom stereocenters. The Hall–Kier alpha value is -0.0800. The third-order valence-electron chi connectivity index (χ3n) is 4.48. The van der Waals surface area contributed by atoms with Gasteiger partial charge in [-0.05, 0) is 57.0 Å². The zero-order valence-corrected chi connectivity index (χ0v) is 12.1. The topological polar surface area (TPSA) is 15.3 Å². The summed E-state index contributed by atoms with van der Waals surface area (Å²) in [6.07, 6.45) is 6.87. The van der Waals surface area contributed by atoms with E-state index in [0.29, 0.717) is 5.41 Å². The molecule has 1 aliphatic carbocycles. The lowest BCUT2D eigenvalue weighted by Gasteiger charge is -2.42. The van der Waals surface area contributed by atoms with Crippen LogP contribution in [0.3, 0.4) is 0 Å². The Labute approximate surface area is 107 Å². The van der Waals surface area contributed by atoms with Gasteiger partial charge in [-0.25, -0.2) is 0 Å². The molecule has 2 aliphatic rings. The number of hydrogen-bond donors (Lipinski definition) is 1. The van der Waals surface area contributed by atoms with Gasteiger partial charge in [0.25, 0.3) is 0 Å². The number of likely N-dealkylation sites (tertiary alicyclic amines) is 1. The Morgan fingerprint density at radius 2 is 1.94 bits per heavy atom. The third-order valence-corrected chi connectivity index (χ3v) is 4.48. The van der Waals surface area contributed by atoms with Crippen molar-refractivity contribution in [2.24, 2.45) is 11.3 Å². The first kappa shape index (κ1) is 13.4. The van der Waals surface area contributed by atoms with E-state index in [4.69, 9.17) is 0 Å². The van der Waals surface area contributed by atoms with Crippen LogP contribution in [0.15, 0.2) is 0 Å². The zero-order valence-electron chi connectivity index (χ0n) is 12.1. The van der Waals surface area contributed by atoms with Crippen LogP contribution in [-0.4, -0.2) is 37.1 Å². The molecule has 0 aromatic heterocycles. The summed E-state index contributed by atoms with van der Waals surface area (Å²) < 4.78 is 0. The Morgan fingerprint density at radius 1 is 1.18 bits per heavy atom. The Morgan fingerprint density at radius 3 is 2.59 bits per heavy atom. The van der Waals surface area contributed by atoms with E-state index in [1.54, 1.807) is 0 Å². The van der Waals surface area contributed by atoms with Crippen molar-refractivity contribution < 1.29 is 0 Å². The fourth-order valence-electron chi connectivity index (χ4n) is 4.11. The molecule has 2 nitrogen and oxygen atoms in total. The summed E-state index contributed by atoms with van der Waals surface area (Å²) in [4.78, 5) is 2.47. The molecule has 2 heteroatoms. The monoisotopic (exact) mass is 238 g/mol. The lowest BCUT2D eigenvalue weighted by Crippen LogP contribution is -2.50. The maximum atomic E-state index is 3.93. The quantitative estimate of drug-likeness (QED) is 0.796. The van der Waals surface area contributed by atoms with Gasteiger partial charge in [-0.15, -0.1) is 0 Å². The fourth-order valence-corrected chi connectivity index (χ4v) is 4.11. The summed E-state index contributed by atoms with van der Waals surface area (Å²) in [6.45, 7) is 9.81. The standard InChI is InChI=1S/C15H30N2/c1-12-8-14(10-15(2,3)9-12)16-13-6-5-7-17(4)11-13/h12-14,16H,5-11H2,1-4H3. The van der Waals surface area contributed by atoms with Gasteiger partial charge in [-0.1, -0.05) is 20.8 Å². The van der Waals surface area contributed by atoms with E-state index in [1.165, 1.54) is 45.2 Å². The zero-order chi connectivity index (χ0) is 12.5. The molecule has 0 bridgehead atoms. The van der Waals surface area contributed by atoms with Crippen LogP contribution in [0.5, 0.6) is 0 Å². The lowest BCUT2D eigenvalue weighted by molar-refractivity contribution is 0.128. The van der Waals surface area contributed by atoms with Crippen LogP contribution in [0.25, 0.3) is 0 Å². The van der Waals surface area contributed by atoms with Crippen molar-refractivity contribution in [3.05, 3.63) is 0 Å². The van der Waals surface area contributed by atoms with E-state index in [9.17, 15) is 0 Å². The maximum Gasteiger partial charge on any atom is 0.0197 e. The van der Waals surface area contributed by atoms with E-state index in [2.05, 4.69) is 38.0 Å². The highest BCUT2D eigenvalue weighted by molar-refractivity contribution is 4.89. The van der Waals surface area contributed by atoms with E-state index in [0.717, 1.165) is 18.0 Å². The maximum absolute atomic E-state index is 3.93. The van der Waals surface area contributed by atoms with E-state index in [1.807, 2.05) is 0 Å². The van der Waals surface area contributed by atoms with Gasteiger partial charge in [0.15, 0.2) is 0 Å². The van der Waals surface area contributed by atoms with E-state index in [-0.39, 0.29) is 0 Å². The molecular weight excluding hydrogens is 208 g/mol. The number of piperidine rings is 1. The second-order valence-electron chi connectivity index (χ2n) is 7.38. The van der Waals surface area contributed by atoms with Crippen LogP contribution >= 0.6 is 0 Å². The molecule has 3 unspecified atom stereocenters. The normalized spacial score (nSPS) is 39.2. The summed E-state index contributed by atoms with van der Waals surface area (Å²) in [6, 6.07) is 1.49. The van der Waals surface area contributed by atoms with Gasteiger partial charge in [-0.3, -0.25) is 0 Å². The first-order valence-electron chi connectivity index (χ1n) is 7.39. The van der Waals surface area contributed by atoms with Crippen molar-refractivity contribution in [3.63, 3.8) is 0 Å². The number of likely N-dealkylation sites (N-methyl/N-ethyl adjacent to an activating group) is 1. The molecule has 17 heavy (non-hydrogen) atoms. The van der Waals surface area contributed by atoms with Gasteiger partial charge in [-0.2, -0.15) is 0 Å². The van der Waals surface area contributed by atoms with Gasteiger partial charge < -0.3 is 10.2 Å². The molecule has 0 spiro atoms. The van der Waals surface area contributed by atoms with Gasteiger partial charge >= 0.3 is 0 Å². The molecule has 0 aromatic carbocycles. The molecule has 1 heterocycles. The van der Waals surface area contributed by atoms with Crippen LogP contribution in [0.2, 0.25) is 0 Å². The molecule has 100 valence electrons. The predicted molar refractivity (Wildman–Crippen MR) is 74.2 cm³/mol. The fraction of sp³-hybridized carbons (Fsp3) is 1.00. The van der Waals surface area contributed by atoms with Crippen molar-refractivity contribution in [1.82, 2.24) is 10.2 Å². The van der Waals surface area contributed by atoms with Gasteiger partial charge in [0, 0.05) is 18.6 Å².